The SMILES string of the molecule is COC1=CC=C(C(C)(C(=O)N2CCCC2)n2cnc(CCCCc3ccccc3)c2)C=C=C1. The first-order valence-corrected chi connectivity index (χ1v) is 11.9. The molecule has 0 N–H and O–H groups in total. The number of allylic oxidation sites excluding steroid dienone is 3. The third-order valence-electron chi connectivity index (χ3n) is 6.64. The number of carbonyl (C=O) groups is 1. The van der Waals surface area contributed by atoms with Crippen molar-refractivity contribution in [1.82, 2.24) is 14.5 Å². The summed E-state index contributed by atoms with van der Waals surface area (Å²) in [5, 5.41) is 0. The molecule has 2 aliphatic rings. The van der Waals surface area contributed by atoms with Crippen molar-refractivity contribution in [3.05, 3.63) is 95.5 Å². The fraction of sp³-hybridized carbons (Fsp3) is 0.393. The monoisotopic (exact) mass is 443 g/mol. The van der Waals surface area contributed by atoms with Gasteiger partial charge in [-0.05, 0) is 68.7 Å². The first kappa shape index (κ1) is 22.9. The molecule has 0 spiro atoms. The fourth-order valence-corrected chi connectivity index (χ4v) is 4.54. The zero-order valence-corrected chi connectivity index (χ0v) is 19.7. The van der Waals surface area contributed by atoms with Crippen molar-refractivity contribution in [2.45, 2.75) is 51.0 Å². The van der Waals surface area contributed by atoms with Gasteiger partial charge >= 0.3 is 0 Å². The summed E-state index contributed by atoms with van der Waals surface area (Å²) in [5.74, 6) is 0.813. The molecule has 1 aromatic carbocycles. The highest BCUT2D eigenvalue weighted by atomic mass is 16.5. The molecule has 1 aromatic heterocycles. The van der Waals surface area contributed by atoms with E-state index in [1.807, 2.05) is 47.1 Å². The summed E-state index contributed by atoms with van der Waals surface area (Å²) in [7, 11) is 1.64. The maximum Gasteiger partial charge on any atom is 0.253 e. The molecule has 172 valence electrons. The molecule has 4 rings (SSSR count). The van der Waals surface area contributed by atoms with Crippen LogP contribution in [-0.4, -0.2) is 40.6 Å². The standard InChI is InChI=1S/C28H33N3O2/c1-28(27(32)30-19-8-9-20-30,24-14-10-16-26(33-2)18-17-24)31-21-25(29-22-31)15-7-6-13-23-11-4-3-5-12-23/h3-5,11-12,14,16-18,21-22H,6-9,13,15,19-20H2,1-2H3. The number of amides is 1. The summed E-state index contributed by atoms with van der Waals surface area (Å²) in [6, 6.07) is 10.6. The van der Waals surface area contributed by atoms with Crippen LogP contribution in [0.5, 0.6) is 0 Å². The van der Waals surface area contributed by atoms with Crippen LogP contribution in [0.3, 0.4) is 0 Å². The van der Waals surface area contributed by atoms with Crippen molar-refractivity contribution in [3.63, 3.8) is 0 Å². The Labute approximate surface area is 196 Å². The summed E-state index contributed by atoms with van der Waals surface area (Å²) in [5.41, 5.74) is 5.54. The number of aryl methyl sites for hydroxylation is 2. The number of aromatic nitrogens is 2. The van der Waals surface area contributed by atoms with Crippen LogP contribution < -0.4 is 0 Å². The molecule has 1 aliphatic carbocycles. The van der Waals surface area contributed by atoms with E-state index in [2.05, 4.69) is 41.0 Å². The topological polar surface area (TPSA) is 47.4 Å². The van der Waals surface area contributed by atoms with Gasteiger partial charge in [-0.25, -0.2) is 4.98 Å². The van der Waals surface area contributed by atoms with Crippen LogP contribution in [-0.2, 0) is 27.9 Å². The van der Waals surface area contributed by atoms with E-state index in [1.54, 1.807) is 13.2 Å². The zero-order valence-electron chi connectivity index (χ0n) is 19.7. The van der Waals surface area contributed by atoms with Crippen molar-refractivity contribution in [2.24, 2.45) is 0 Å². The first-order valence-electron chi connectivity index (χ1n) is 11.9. The Morgan fingerprint density at radius 1 is 1.09 bits per heavy atom. The molecule has 33 heavy (non-hydrogen) atoms. The van der Waals surface area contributed by atoms with Gasteiger partial charge in [-0.1, -0.05) is 36.4 Å². The number of hydrogen-bond donors (Lipinski definition) is 0. The Bertz CT molecular complexity index is 1080. The molecule has 1 atom stereocenters. The van der Waals surface area contributed by atoms with E-state index in [0.717, 1.165) is 62.9 Å². The van der Waals surface area contributed by atoms with E-state index in [0.29, 0.717) is 5.76 Å². The van der Waals surface area contributed by atoms with Gasteiger partial charge in [-0.3, -0.25) is 4.79 Å². The van der Waals surface area contributed by atoms with Crippen LogP contribution in [0.15, 0.2) is 84.2 Å². The molecule has 1 fully saturated rings. The Kier molecular flexibility index (Phi) is 7.31. The van der Waals surface area contributed by atoms with Crippen LogP contribution in [0.2, 0.25) is 0 Å². The second kappa shape index (κ2) is 10.5. The van der Waals surface area contributed by atoms with Crippen LogP contribution in [0.1, 0.15) is 43.9 Å². The zero-order chi connectivity index (χ0) is 23.1. The molecule has 1 amide bonds. The number of hydrogen-bond acceptors (Lipinski definition) is 3. The average Bonchev–Trinajstić information content (AvgIpc) is 3.50. The van der Waals surface area contributed by atoms with Crippen molar-refractivity contribution >= 4 is 5.91 Å². The van der Waals surface area contributed by atoms with E-state index in [1.165, 1.54) is 5.56 Å². The molecular formula is C28H33N3O2. The second-order valence-electron chi connectivity index (χ2n) is 8.89. The molecule has 1 aliphatic heterocycles. The van der Waals surface area contributed by atoms with Crippen molar-refractivity contribution in [2.75, 3.05) is 20.2 Å². The number of carbonyl (C=O) groups excluding carboxylic acids is 1. The summed E-state index contributed by atoms with van der Waals surface area (Å²) < 4.78 is 7.34. The normalized spacial score (nSPS) is 17.3. The van der Waals surface area contributed by atoms with E-state index in [9.17, 15) is 4.79 Å². The van der Waals surface area contributed by atoms with Gasteiger partial charge in [0, 0.05) is 25.4 Å². The third kappa shape index (κ3) is 5.20. The van der Waals surface area contributed by atoms with Gasteiger partial charge in [0.15, 0.2) is 0 Å². The van der Waals surface area contributed by atoms with Crippen LogP contribution in [0, 0.1) is 0 Å². The number of unbranched alkanes of at least 4 members (excludes halogenated alkanes) is 1. The lowest BCUT2D eigenvalue weighted by atomic mass is 9.89. The summed E-state index contributed by atoms with van der Waals surface area (Å²) >= 11 is 0. The molecule has 1 saturated heterocycles. The van der Waals surface area contributed by atoms with Gasteiger partial charge in [0.05, 0.1) is 19.1 Å². The minimum Gasteiger partial charge on any atom is -0.496 e. The number of imidazole rings is 1. The van der Waals surface area contributed by atoms with Crippen molar-refractivity contribution in [3.8, 4) is 0 Å². The minimum absolute atomic E-state index is 0.103. The van der Waals surface area contributed by atoms with E-state index in [-0.39, 0.29) is 5.91 Å². The van der Waals surface area contributed by atoms with Gasteiger partial charge in [0.25, 0.3) is 5.91 Å². The predicted octanol–water partition coefficient (Wildman–Crippen LogP) is 4.97. The van der Waals surface area contributed by atoms with E-state index >= 15 is 0 Å². The summed E-state index contributed by atoms with van der Waals surface area (Å²) in [6.45, 7) is 3.60. The van der Waals surface area contributed by atoms with Crippen LogP contribution in [0.4, 0.5) is 0 Å². The van der Waals surface area contributed by atoms with Gasteiger partial charge in [0.1, 0.15) is 11.3 Å². The van der Waals surface area contributed by atoms with Crippen LogP contribution >= 0.6 is 0 Å². The summed E-state index contributed by atoms with van der Waals surface area (Å²) in [6.07, 6.45) is 17.6. The number of benzene rings is 1. The third-order valence-corrected chi connectivity index (χ3v) is 6.64. The maximum absolute atomic E-state index is 13.8. The molecule has 1 unspecified atom stereocenters. The van der Waals surface area contributed by atoms with E-state index < -0.39 is 5.54 Å². The molecule has 0 bridgehead atoms. The minimum atomic E-state index is -0.889. The highest BCUT2D eigenvalue weighted by Crippen LogP contribution is 2.32. The molecule has 5 nitrogen and oxygen atoms in total. The Hall–Kier alpha value is -3.30. The predicted molar refractivity (Wildman–Crippen MR) is 131 cm³/mol. The van der Waals surface area contributed by atoms with Gasteiger partial charge in [-0.2, -0.15) is 0 Å². The smallest absolute Gasteiger partial charge is 0.253 e. The van der Waals surface area contributed by atoms with Crippen LogP contribution in [0.25, 0.3) is 0 Å². The quantitative estimate of drug-likeness (QED) is 0.406. The Morgan fingerprint density at radius 3 is 2.61 bits per heavy atom. The molecular weight excluding hydrogens is 410 g/mol. The number of likely N-dealkylation sites (tertiary alicyclic amines) is 1. The molecule has 2 aromatic rings. The fourth-order valence-electron chi connectivity index (χ4n) is 4.54. The highest BCUT2D eigenvalue weighted by Gasteiger charge is 2.42. The molecule has 5 heteroatoms. The second-order valence-corrected chi connectivity index (χ2v) is 8.89. The molecule has 0 radical (unpaired) electrons. The Morgan fingerprint density at radius 2 is 1.85 bits per heavy atom. The molecule has 2 heterocycles. The number of methoxy groups -OCH3 is 1. The molecule has 0 saturated carbocycles. The first-order chi connectivity index (χ1) is 16.1. The lowest BCUT2D eigenvalue weighted by Gasteiger charge is -2.34. The Balaban J connectivity index is 1.53. The largest absolute Gasteiger partial charge is 0.496 e. The number of nitrogens with zero attached hydrogens (tertiary/aromatic N) is 3. The summed E-state index contributed by atoms with van der Waals surface area (Å²) in [4.78, 5) is 20.4. The lowest BCUT2D eigenvalue weighted by molar-refractivity contribution is -0.137. The van der Waals surface area contributed by atoms with Gasteiger partial charge < -0.3 is 14.2 Å². The lowest BCUT2D eigenvalue weighted by Crippen LogP contribution is -2.48. The van der Waals surface area contributed by atoms with E-state index in [4.69, 9.17) is 4.74 Å². The van der Waals surface area contributed by atoms with Gasteiger partial charge in [-0.15, -0.1) is 5.73 Å². The van der Waals surface area contributed by atoms with Crippen molar-refractivity contribution in [1.29, 1.82) is 0 Å². The van der Waals surface area contributed by atoms with Crippen molar-refractivity contribution < 1.29 is 9.53 Å². The number of rotatable bonds is 9. The highest BCUT2D eigenvalue weighted by molar-refractivity contribution is 5.88. The van der Waals surface area contributed by atoms with Gasteiger partial charge in [0.2, 0.25) is 0 Å². The number of ether oxygens (including phenoxy) is 1. The average molecular weight is 444 g/mol. The maximum atomic E-state index is 13.8.